The molecule has 6 nitrogen and oxygen atoms in total. The Kier molecular flexibility index (Phi) is 7.20. The first-order valence-electron chi connectivity index (χ1n) is 10.9. The second-order valence-electron chi connectivity index (χ2n) is 9.39. The van der Waals surface area contributed by atoms with Gasteiger partial charge >= 0.3 is 0 Å². The van der Waals surface area contributed by atoms with Gasteiger partial charge in [-0.05, 0) is 100 Å². The third-order valence-electron chi connectivity index (χ3n) is 6.49. The topological polar surface area (TPSA) is 109 Å². The van der Waals surface area contributed by atoms with Crippen LogP contribution in [-0.4, -0.2) is 25.9 Å². The minimum atomic E-state index is -4.29. The normalized spacial score (nSPS) is 19.8. The monoisotopic (exact) mass is 480 g/mol. The van der Waals surface area contributed by atoms with Crippen molar-refractivity contribution in [1.29, 1.82) is 0 Å². The van der Waals surface area contributed by atoms with E-state index in [4.69, 9.17) is 0 Å². The Morgan fingerprint density at radius 2 is 0.969 bits per heavy atom. The number of aryl methyl sites for hydroxylation is 4. The zero-order chi connectivity index (χ0) is 23.8. The SMILES string of the molecule is Cc1cc(C)c(S(=O)(=O)O)c(CC2CCC(Cc3cc(C)cc(C)c3S(=O)(=O)O)CC2)c1. The minimum absolute atomic E-state index is 0.0262. The summed E-state index contributed by atoms with van der Waals surface area (Å²) in [5.74, 6) is 0.599. The first-order valence-corrected chi connectivity index (χ1v) is 13.8. The molecular weight excluding hydrogens is 448 g/mol. The Labute approximate surface area is 191 Å². The first-order chi connectivity index (χ1) is 14.8. The van der Waals surface area contributed by atoms with Crippen LogP contribution in [0.4, 0.5) is 0 Å². The molecular formula is C24H32O6S2. The molecule has 176 valence electrons. The summed E-state index contributed by atoms with van der Waals surface area (Å²) in [6.45, 7) is 7.23. The molecule has 0 radical (unpaired) electrons. The van der Waals surface area contributed by atoms with Crippen molar-refractivity contribution in [1.82, 2.24) is 0 Å². The third-order valence-corrected chi connectivity index (χ3v) is 8.69. The van der Waals surface area contributed by atoms with Crippen molar-refractivity contribution in [2.24, 2.45) is 11.8 Å². The Bertz CT molecular complexity index is 1120. The molecule has 2 N–H and O–H groups in total. The van der Waals surface area contributed by atoms with Gasteiger partial charge in [-0.2, -0.15) is 16.8 Å². The number of hydrogen-bond donors (Lipinski definition) is 2. The van der Waals surface area contributed by atoms with Gasteiger partial charge in [-0.25, -0.2) is 0 Å². The fraction of sp³-hybridized carbons (Fsp3) is 0.500. The largest absolute Gasteiger partial charge is 0.295 e. The van der Waals surface area contributed by atoms with Gasteiger partial charge < -0.3 is 0 Å². The Morgan fingerprint density at radius 1 is 0.656 bits per heavy atom. The van der Waals surface area contributed by atoms with Gasteiger partial charge in [-0.3, -0.25) is 9.11 Å². The predicted octanol–water partition coefficient (Wildman–Crippen LogP) is 5.01. The summed E-state index contributed by atoms with van der Waals surface area (Å²) in [7, 11) is -8.58. The highest BCUT2D eigenvalue weighted by molar-refractivity contribution is 7.86. The van der Waals surface area contributed by atoms with Crippen LogP contribution in [-0.2, 0) is 33.1 Å². The molecule has 2 aromatic rings. The summed E-state index contributed by atoms with van der Waals surface area (Å²) >= 11 is 0. The summed E-state index contributed by atoms with van der Waals surface area (Å²) in [5, 5.41) is 0. The van der Waals surface area contributed by atoms with Gasteiger partial charge in [-0.1, -0.05) is 35.4 Å². The molecule has 0 bridgehead atoms. The molecule has 0 atom stereocenters. The average Bonchev–Trinajstić information content (AvgIpc) is 2.59. The lowest BCUT2D eigenvalue weighted by Gasteiger charge is -2.30. The number of hydrogen-bond acceptors (Lipinski definition) is 4. The molecule has 0 unspecified atom stereocenters. The van der Waals surface area contributed by atoms with E-state index in [-0.39, 0.29) is 9.79 Å². The van der Waals surface area contributed by atoms with E-state index in [0.29, 0.717) is 46.9 Å². The van der Waals surface area contributed by atoms with E-state index in [1.54, 1.807) is 26.0 Å². The van der Waals surface area contributed by atoms with Gasteiger partial charge in [0.25, 0.3) is 20.2 Å². The lowest BCUT2D eigenvalue weighted by molar-refractivity contribution is 0.270. The van der Waals surface area contributed by atoms with E-state index < -0.39 is 20.2 Å². The maximum atomic E-state index is 11.9. The van der Waals surface area contributed by atoms with E-state index in [9.17, 15) is 25.9 Å². The Hall–Kier alpha value is -1.74. The number of rotatable bonds is 6. The zero-order valence-corrected chi connectivity index (χ0v) is 20.7. The van der Waals surface area contributed by atoms with Crippen LogP contribution >= 0.6 is 0 Å². The maximum absolute atomic E-state index is 11.9. The first kappa shape index (κ1) is 24.9. The van der Waals surface area contributed by atoms with Crippen LogP contribution in [0.3, 0.4) is 0 Å². The highest BCUT2D eigenvalue weighted by Gasteiger charge is 2.27. The lowest BCUT2D eigenvalue weighted by Crippen LogP contribution is -2.20. The molecule has 0 heterocycles. The Balaban J connectivity index is 1.75. The highest BCUT2D eigenvalue weighted by atomic mass is 32.2. The van der Waals surface area contributed by atoms with Gasteiger partial charge in [0.15, 0.2) is 0 Å². The van der Waals surface area contributed by atoms with E-state index in [1.165, 1.54) is 0 Å². The van der Waals surface area contributed by atoms with Crippen LogP contribution in [0.1, 0.15) is 59.1 Å². The summed E-state index contributed by atoms with van der Waals surface area (Å²) in [4.78, 5) is 0.0523. The van der Waals surface area contributed by atoms with Gasteiger partial charge in [-0.15, -0.1) is 0 Å². The van der Waals surface area contributed by atoms with Crippen molar-refractivity contribution in [3.8, 4) is 0 Å². The quantitative estimate of drug-likeness (QED) is 0.563. The van der Waals surface area contributed by atoms with Gasteiger partial charge in [0.05, 0.1) is 9.79 Å². The van der Waals surface area contributed by atoms with Crippen LogP contribution < -0.4 is 0 Å². The maximum Gasteiger partial charge on any atom is 0.295 e. The molecule has 32 heavy (non-hydrogen) atoms. The van der Waals surface area contributed by atoms with Gasteiger partial charge in [0.1, 0.15) is 0 Å². The predicted molar refractivity (Wildman–Crippen MR) is 124 cm³/mol. The van der Waals surface area contributed by atoms with Crippen molar-refractivity contribution in [2.45, 2.75) is 76.0 Å². The summed E-state index contributed by atoms with van der Waals surface area (Å²) in [5.41, 5.74) is 4.37. The lowest BCUT2D eigenvalue weighted by atomic mass is 9.77. The molecule has 1 fully saturated rings. The molecule has 0 aromatic heterocycles. The van der Waals surface area contributed by atoms with Crippen LogP contribution in [0.5, 0.6) is 0 Å². The van der Waals surface area contributed by atoms with Crippen LogP contribution in [0.25, 0.3) is 0 Å². The second-order valence-corrected chi connectivity index (χ2v) is 12.1. The standard InChI is InChI=1S/C24H32O6S2/c1-15-9-17(3)23(31(25,26)27)21(11-15)13-19-5-7-20(8-6-19)14-22-12-16(2)10-18(4)24(22)32(28,29)30/h9-12,19-20H,5-8,13-14H2,1-4H3,(H,25,26,27)(H,28,29,30). The minimum Gasteiger partial charge on any atom is -0.282 e. The molecule has 8 heteroatoms. The van der Waals surface area contributed by atoms with Gasteiger partial charge in [0, 0.05) is 0 Å². The average molecular weight is 481 g/mol. The smallest absolute Gasteiger partial charge is 0.282 e. The fourth-order valence-electron chi connectivity index (χ4n) is 5.39. The van der Waals surface area contributed by atoms with E-state index in [0.717, 1.165) is 36.8 Å². The Morgan fingerprint density at radius 3 is 1.25 bits per heavy atom. The van der Waals surface area contributed by atoms with E-state index in [2.05, 4.69) is 0 Å². The van der Waals surface area contributed by atoms with Crippen molar-refractivity contribution in [2.75, 3.05) is 0 Å². The molecule has 0 saturated heterocycles. The van der Waals surface area contributed by atoms with Crippen molar-refractivity contribution >= 4 is 20.2 Å². The summed E-state index contributed by atoms with van der Waals surface area (Å²) in [6, 6.07) is 7.21. The summed E-state index contributed by atoms with van der Waals surface area (Å²) in [6.07, 6.45) is 4.76. The molecule has 0 spiro atoms. The molecule has 0 amide bonds. The van der Waals surface area contributed by atoms with Gasteiger partial charge in [0.2, 0.25) is 0 Å². The van der Waals surface area contributed by atoms with Crippen LogP contribution in [0.2, 0.25) is 0 Å². The summed E-state index contributed by atoms with van der Waals surface area (Å²) < 4.78 is 67.2. The molecule has 1 saturated carbocycles. The van der Waals surface area contributed by atoms with Crippen LogP contribution in [0, 0.1) is 39.5 Å². The highest BCUT2D eigenvalue weighted by Crippen LogP contribution is 2.36. The number of benzene rings is 2. The van der Waals surface area contributed by atoms with E-state index in [1.807, 2.05) is 26.0 Å². The third kappa shape index (κ3) is 5.78. The molecule has 1 aliphatic carbocycles. The van der Waals surface area contributed by atoms with E-state index >= 15 is 0 Å². The fourth-order valence-corrected chi connectivity index (χ4v) is 7.27. The molecule has 3 rings (SSSR count). The zero-order valence-electron chi connectivity index (χ0n) is 19.1. The molecule has 1 aliphatic rings. The second kappa shape index (κ2) is 9.25. The molecule has 0 aliphatic heterocycles. The molecule has 2 aromatic carbocycles. The van der Waals surface area contributed by atoms with Crippen molar-refractivity contribution in [3.63, 3.8) is 0 Å². The van der Waals surface area contributed by atoms with Crippen molar-refractivity contribution < 1.29 is 25.9 Å². The van der Waals surface area contributed by atoms with Crippen LogP contribution in [0.15, 0.2) is 34.1 Å². The van der Waals surface area contributed by atoms with Crippen molar-refractivity contribution in [3.05, 3.63) is 57.6 Å².